The Morgan fingerprint density at radius 3 is 2.33 bits per heavy atom. The van der Waals surface area contributed by atoms with Gasteiger partial charge in [0.15, 0.2) is 6.61 Å². The monoisotopic (exact) mass is 388 g/mol. The lowest BCUT2D eigenvalue weighted by Gasteiger charge is -2.30. The smallest absolute Gasteiger partial charge is 0.261 e. The van der Waals surface area contributed by atoms with Crippen LogP contribution in [0.2, 0.25) is 5.02 Å². The molecule has 0 aromatic heterocycles. The summed E-state index contributed by atoms with van der Waals surface area (Å²) in [7, 11) is 0. The molecular formula is C21H25ClN2O3. The van der Waals surface area contributed by atoms with E-state index < -0.39 is 6.04 Å². The Morgan fingerprint density at radius 2 is 1.74 bits per heavy atom. The van der Waals surface area contributed by atoms with Crippen LogP contribution >= 0.6 is 11.6 Å². The first-order valence-electron chi connectivity index (χ1n) is 9.04. The van der Waals surface area contributed by atoms with Crippen molar-refractivity contribution >= 4 is 23.4 Å². The van der Waals surface area contributed by atoms with Gasteiger partial charge < -0.3 is 15.0 Å². The third kappa shape index (κ3) is 6.29. The zero-order valence-electron chi connectivity index (χ0n) is 15.7. The maximum atomic E-state index is 12.9. The van der Waals surface area contributed by atoms with Gasteiger partial charge in [-0.15, -0.1) is 0 Å². The summed E-state index contributed by atoms with van der Waals surface area (Å²) in [5.41, 5.74) is 0.958. The maximum Gasteiger partial charge on any atom is 0.261 e. The second kappa shape index (κ2) is 10.6. The number of benzene rings is 2. The fraction of sp³-hybridized carbons (Fsp3) is 0.333. The SMILES string of the molecule is CCNC(=O)C(CC)N(Cc1ccccc1)C(=O)COc1ccc(Cl)cc1. The van der Waals surface area contributed by atoms with Crippen LogP contribution in [0.3, 0.4) is 0 Å². The molecule has 0 spiro atoms. The molecule has 5 nitrogen and oxygen atoms in total. The quantitative estimate of drug-likeness (QED) is 0.713. The predicted octanol–water partition coefficient (Wildman–Crippen LogP) is 3.66. The molecule has 2 rings (SSSR count). The van der Waals surface area contributed by atoms with Crippen molar-refractivity contribution in [3.63, 3.8) is 0 Å². The maximum absolute atomic E-state index is 12.9. The number of rotatable bonds is 9. The van der Waals surface area contributed by atoms with Crippen LogP contribution in [0.15, 0.2) is 54.6 Å². The molecule has 0 heterocycles. The molecule has 0 saturated carbocycles. The van der Waals surface area contributed by atoms with Crippen molar-refractivity contribution in [3.05, 3.63) is 65.2 Å². The van der Waals surface area contributed by atoms with Crippen molar-refractivity contribution in [2.45, 2.75) is 32.9 Å². The molecule has 0 aliphatic rings. The van der Waals surface area contributed by atoms with Crippen molar-refractivity contribution < 1.29 is 14.3 Å². The fourth-order valence-corrected chi connectivity index (χ4v) is 2.88. The van der Waals surface area contributed by atoms with Crippen LogP contribution < -0.4 is 10.1 Å². The third-order valence-corrected chi connectivity index (χ3v) is 4.36. The van der Waals surface area contributed by atoms with E-state index in [1.165, 1.54) is 0 Å². The van der Waals surface area contributed by atoms with Gasteiger partial charge in [-0.1, -0.05) is 48.9 Å². The summed E-state index contributed by atoms with van der Waals surface area (Å²) in [6.07, 6.45) is 0.519. The number of carbonyl (C=O) groups excluding carboxylic acids is 2. The minimum absolute atomic E-state index is 0.148. The summed E-state index contributed by atoms with van der Waals surface area (Å²) >= 11 is 5.86. The Bertz CT molecular complexity index is 735. The van der Waals surface area contributed by atoms with Crippen molar-refractivity contribution in [2.24, 2.45) is 0 Å². The van der Waals surface area contributed by atoms with Crippen LogP contribution in [-0.2, 0) is 16.1 Å². The van der Waals surface area contributed by atoms with Crippen LogP contribution in [-0.4, -0.2) is 35.9 Å². The van der Waals surface area contributed by atoms with Crippen molar-refractivity contribution in [2.75, 3.05) is 13.2 Å². The number of nitrogens with zero attached hydrogens (tertiary/aromatic N) is 1. The lowest BCUT2D eigenvalue weighted by Crippen LogP contribution is -2.50. The molecule has 0 aliphatic carbocycles. The molecule has 0 aliphatic heterocycles. The molecule has 1 unspecified atom stereocenters. The Morgan fingerprint density at radius 1 is 1.07 bits per heavy atom. The molecule has 1 N–H and O–H groups in total. The molecule has 0 radical (unpaired) electrons. The van der Waals surface area contributed by atoms with Gasteiger partial charge in [0, 0.05) is 18.1 Å². The van der Waals surface area contributed by atoms with Gasteiger partial charge in [-0.05, 0) is 43.2 Å². The summed E-state index contributed by atoms with van der Waals surface area (Å²) in [4.78, 5) is 26.9. The summed E-state index contributed by atoms with van der Waals surface area (Å²) in [5.74, 6) is 0.154. The molecule has 6 heteroatoms. The Labute approximate surface area is 165 Å². The number of hydrogen-bond donors (Lipinski definition) is 1. The van der Waals surface area contributed by atoms with Crippen LogP contribution in [0, 0.1) is 0 Å². The van der Waals surface area contributed by atoms with E-state index in [0.29, 0.717) is 30.3 Å². The van der Waals surface area contributed by atoms with E-state index in [2.05, 4.69) is 5.32 Å². The highest BCUT2D eigenvalue weighted by atomic mass is 35.5. The first-order chi connectivity index (χ1) is 13.0. The van der Waals surface area contributed by atoms with Gasteiger partial charge in [-0.2, -0.15) is 0 Å². The zero-order valence-corrected chi connectivity index (χ0v) is 16.4. The Balaban J connectivity index is 2.14. The number of amides is 2. The molecule has 2 aromatic rings. The average Bonchev–Trinajstić information content (AvgIpc) is 2.68. The topological polar surface area (TPSA) is 58.6 Å². The summed E-state index contributed by atoms with van der Waals surface area (Å²) in [6, 6.07) is 15.9. The first-order valence-corrected chi connectivity index (χ1v) is 9.42. The van der Waals surface area contributed by atoms with Crippen LogP contribution in [0.25, 0.3) is 0 Å². The van der Waals surface area contributed by atoms with E-state index in [-0.39, 0.29) is 18.4 Å². The normalized spacial score (nSPS) is 11.5. The number of ether oxygens (including phenoxy) is 1. The van der Waals surface area contributed by atoms with Crippen molar-refractivity contribution in [1.82, 2.24) is 10.2 Å². The van der Waals surface area contributed by atoms with E-state index in [9.17, 15) is 9.59 Å². The number of likely N-dealkylation sites (N-methyl/N-ethyl adjacent to an activating group) is 1. The van der Waals surface area contributed by atoms with E-state index >= 15 is 0 Å². The second-order valence-electron chi connectivity index (χ2n) is 6.07. The molecule has 0 saturated heterocycles. The Hall–Kier alpha value is -2.53. The lowest BCUT2D eigenvalue weighted by molar-refractivity contribution is -0.142. The summed E-state index contributed by atoms with van der Waals surface area (Å²) < 4.78 is 5.59. The van der Waals surface area contributed by atoms with Gasteiger partial charge in [0.1, 0.15) is 11.8 Å². The van der Waals surface area contributed by atoms with Gasteiger partial charge in [0.2, 0.25) is 5.91 Å². The van der Waals surface area contributed by atoms with Gasteiger partial charge in [0.25, 0.3) is 5.91 Å². The standard InChI is InChI=1S/C21H25ClN2O3/c1-3-19(21(26)23-4-2)24(14-16-8-6-5-7-9-16)20(25)15-27-18-12-10-17(22)11-13-18/h5-13,19H,3-4,14-15H2,1-2H3,(H,23,26). The second-order valence-corrected chi connectivity index (χ2v) is 6.50. The molecule has 144 valence electrons. The summed E-state index contributed by atoms with van der Waals surface area (Å²) in [5, 5.41) is 3.41. The van der Waals surface area contributed by atoms with E-state index in [1.807, 2.05) is 44.2 Å². The van der Waals surface area contributed by atoms with Gasteiger partial charge in [0.05, 0.1) is 0 Å². The molecular weight excluding hydrogens is 364 g/mol. The first kappa shape index (κ1) is 20.8. The van der Waals surface area contributed by atoms with Crippen molar-refractivity contribution in [1.29, 1.82) is 0 Å². The van der Waals surface area contributed by atoms with Gasteiger partial charge in [-0.25, -0.2) is 0 Å². The number of carbonyl (C=O) groups is 2. The molecule has 27 heavy (non-hydrogen) atoms. The van der Waals surface area contributed by atoms with Gasteiger partial charge >= 0.3 is 0 Å². The van der Waals surface area contributed by atoms with Crippen molar-refractivity contribution in [3.8, 4) is 5.75 Å². The van der Waals surface area contributed by atoms with Crippen LogP contribution in [0.5, 0.6) is 5.75 Å². The molecule has 0 fully saturated rings. The Kier molecular flexibility index (Phi) is 8.14. The average molecular weight is 389 g/mol. The number of nitrogens with one attached hydrogen (secondary N) is 1. The minimum atomic E-state index is -0.550. The molecule has 2 aromatic carbocycles. The lowest BCUT2D eigenvalue weighted by atomic mass is 10.1. The fourth-order valence-electron chi connectivity index (χ4n) is 2.75. The number of halogens is 1. The van der Waals surface area contributed by atoms with E-state index in [0.717, 1.165) is 5.56 Å². The number of hydrogen-bond acceptors (Lipinski definition) is 3. The van der Waals surface area contributed by atoms with E-state index in [1.54, 1.807) is 29.2 Å². The molecule has 2 amide bonds. The predicted molar refractivity (Wildman–Crippen MR) is 107 cm³/mol. The minimum Gasteiger partial charge on any atom is -0.484 e. The third-order valence-electron chi connectivity index (χ3n) is 4.11. The van der Waals surface area contributed by atoms with Crippen LogP contribution in [0.1, 0.15) is 25.8 Å². The highest BCUT2D eigenvalue weighted by Gasteiger charge is 2.28. The largest absolute Gasteiger partial charge is 0.484 e. The van der Waals surface area contributed by atoms with Gasteiger partial charge in [-0.3, -0.25) is 9.59 Å². The van der Waals surface area contributed by atoms with Crippen LogP contribution in [0.4, 0.5) is 0 Å². The highest BCUT2D eigenvalue weighted by Crippen LogP contribution is 2.17. The zero-order chi connectivity index (χ0) is 19.6. The highest BCUT2D eigenvalue weighted by molar-refractivity contribution is 6.30. The molecule has 1 atom stereocenters. The molecule has 0 bridgehead atoms. The summed E-state index contributed by atoms with van der Waals surface area (Å²) in [6.45, 7) is 4.47. The van der Waals surface area contributed by atoms with E-state index in [4.69, 9.17) is 16.3 Å².